The molecule has 2 saturated carbocycles. The van der Waals surface area contributed by atoms with Crippen molar-refractivity contribution in [2.75, 3.05) is 20.8 Å². The van der Waals surface area contributed by atoms with Crippen molar-refractivity contribution >= 4 is 17.3 Å². The number of thiocarbonyl (C=S) groups is 1. The average Bonchev–Trinajstić information content (AvgIpc) is 3.17. The van der Waals surface area contributed by atoms with Crippen molar-refractivity contribution in [3.63, 3.8) is 0 Å². The minimum Gasteiger partial charge on any atom is -0.493 e. The van der Waals surface area contributed by atoms with Gasteiger partial charge >= 0.3 is 0 Å². The number of rotatable bonds is 6. The van der Waals surface area contributed by atoms with Gasteiger partial charge in [-0.05, 0) is 67.4 Å². The highest BCUT2D eigenvalue weighted by atomic mass is 32.1. The lowest BCUT2D eigenvalue weighted by molar-refractivity contribution is 0.354. The summed E-state index contributed by atoms with van der Waals surface area (Å²) in [7, 11) is 3.31. The predicted molar refractivity (Wildman–Crippen MR) is 96.2 cm³/mol. The van der Waals surface area contributed by atoms with Gasteiger partial charge in [-0.25, -0.2) is 0 Å². The number of ether oxygens (including phenoxy) is 2. The molecule has 3 rings (SSSR count). The SMILES string of the molecule is COc1ccc(CCNC(=S)N[C@@H]2C[C@@H]3CC[C@@H]2C3)cc1OC. The van der Waals surface area contributed by atoms with Crippen LogP contribution in [0.15, 0.2) is 18.2 Å². The Morgan fingerprint density at radius 2 is 2.00 bits per heavy atom. The highest BCUT2D eigenvalue weighted by molar-refractivity contribution is 7.80. The van der Waals surface area contributed by atoms with Gasteiger partial charge in [0.25, 0.3) is 0 Å². The Bertz CT molecular complexity index is 564. The quantitative estimate of drug-likeness (QED) is 0.783. The molecule has 126 valence electrons. The summed E-state index contributed by atoms with van der Waals surface area (Å²) >= 11 is 5.44. The van der Waals surface area contributed by atoms with Crippen molar-refractivity contribution in [3.05, 3.63) is 23.8 Å². The van der Waals surface area contributed by atoms with Crippen LogP contribution in [0.5, 0.6) is 11.5 Å². The Hall–Kier alpha value is -1.49. The van der Waals surface area contributed by atoms with Crippen LogP contribution >= 0.6 is 12.2 Å². The number of methoxy groups -OCH3 is 2. The van der Waals surface area contributed by atoms with Crippen molar-refractivity contribution in [1.29, 1.82) is 0 Å². The van der Waals surface area contributed by atoms with Crippen LogP contribution in [-0.2, 0) is 6.42 Å². The van der Waals surface area contributed by atoms with Crippen molar-refractivity contribution in [2.45, 2.75) is 38.1 Å². The molecule has 0 aromatic heterocycles. The molecule has 1 aromatic carbocycles. The highest BCUT2D eigenvalue weighted by Crippen LogP contribution is 2.44. The number of hydrogen-bond donors (Lipinski definition) is 2. The van der Waals surface area contributed by atoms with Crippen LogP contribution in [0.4, 0.5) is 0 Å². The van der Waals surface area contributed by atoms with Gasteiger partial charge in [0.1, 0.15) is 0 Å². The van der Waals surface area contributed by atoms with Gasteiger partial charge < -0.3 is 20.1 Å². The van der Waals surface area contributed by atoms with Gasteiger partial charge in [-0.2, -0.15) is 0 Å². The van der Waals surface area contributed by atoms with Gasteiger partial charge in [0, 0.05) is 12.6 Å². The van der Waals surface area contributed by atoms with E-state index in [-0.39, 0.29) is 0 Å². The molecule has 5 heteroatoms. The molecule has 0 saturated heterocycles. The van der Waals surface area contributed by atoms with Crippen molar-refractivity contribution in [1.82, 2.24) is 10.6 Å². The summed E-state index contributed by atoms with van der Waals surface area (Å²) in [5.41, 5.74) is 1.21. The Morgan fingerprint density at radius 3 is 2.65 bits per heavy atom. The van der Waals surface area contributed by atoms with Crippen LogP contribution < -0.4 is 20.1 Å². The lowest BCUT2D eigenvalue weighted by Crippen LogP contribution is -2.44. The van der Waals surface area contributed by atoms with E-state index >= 15 is 0 Å². The van der Waals surface area contributed by atoms with Crippen LogP contribution in [0.2, 0.25) is 0 Å². The Balaban J connectivity index is 1.43. The molecule has 0 aliphatic heterocycles. The summed E-state index contributed by atoms with van der Waals surface area (Å²) in [4.78, 5) is 0. The average molecular weight is 334 g/mol. The van der Waals surface area contributed by atoms with Gasteiger partial charge in [-0.1, -0.05) is 12.5 Å². The lowest BCUT2D eigenvalue weighted by Gasteiger charge is -2.24. The van der Waals surface area contributed by atoms with Crippen LogP contribution in [0.1, 0.15) is 31.2 Å². The van der Waals surface area contributed by atoms with E-state index in [1.165, 1.54) is 31.2 Å². The summed E-state index contributed by atoms with van der Waals surface area (Å²) in [6.07, 6.45) is 6.38. The van der Waals surface area contributed by atoms with Gasteiger partial charge in [-0.3, -0.25) is 0 Å². The first-order valence-corrected chi connectivity index (χ1v) is 8.85. The van der Waals surface area contributed by atoms with Crippen LogP contribution in [0.3, 0.4) is 0 Å². The summed E-state index contributed by atoms with van der Waals surface area (Å²) in [5.74, 6) is 3.31. The molecule has 0 radical (unpaired) electrons. The molecule has 3 atom stereocenters. The van der Waals surface area contributed by atoms with E-state index in [9.17, 15) is 0 Å². The summed E-state index contributed by atoms with van der Waals surface area (Å²) in [6.45, 7) is 0.822. The highest BCUT2D eigenvalue weighted by Gasteiger charge is 2.39. The molecular weight excluding hydrogens is 308 g/mol. The van der Waals surface area contributed by atoms with E-state index in [0.29, 0.717) is 6.04 Å². The molecular formula is C18H26N2O2S. The molecule has 2 bridgehead atoms. The normalized spacial score (nSPS) is 25.2. The Morgan fingerprint density at radius 1 is 1.17 bits per heavy atom. The third kappa shape index (κ3) is 3.89. The van der Waals surface area contributed by atoms with Crippen molar-refractivity contribution in [3.8, 4) is 11.5 Å². The number of benzene rings is 1. The number of fused-ring (bicyclic) bond motifs is 2. The fourth-order valence-corrected chi connectivity index (χ4v) is 4.25. The topological polar surface area (TPSA) is 42.5 Å². The minimum atomic E-state index is 0.592. The predicted octanol–water partition coefficient (Wildman–Crippen LogP) is 2.90. The monoisotopic (exact) mass is 334 g/mol. The van der Waals surface area contributed by atoms with E-state index in [0.717, 1.165) is 41.4 Å². The molecule has 2 N–H and O–H groups in total. The summed E-state index contributed by atoms with van der Waals surface area (Å²) < 4.78 is 10.6. The molecule has 4 nitrogen and oxygen atoms in total. The van der Waals surface area contributed by atoms with Crippen molar-refractivity contribution < 1.29 is 9.47 Å². The van der Waals surface area contributed by atoms with E-state index in [4.69, 9.17) is 21.7 Å². The third-order valence-electron chi connectivity index (χ3n) is 5.20. The third-order valence-corrected chi connectivity index (χ3v) is 5.46. The second-order valence-electron chi connectivity index (χ2n) is 6.62. The maximum absolute atomic E-state index is 5.44. The smallest absolute Gasteiger partial charge is 0.166 e. The molecule has 2 aliphatic carbocycles. The fraction of sp³-hybridized carbons (Fsp3) is 0.611. The van der Waals surface area contributed by atoms with Gasteiger partial charge in [0.2, 0.25) is 0 Å². The molecule has 2 aliphatic rings. The van der Waals surface area contributed by atoms with Crippen LogP contribution in [0.25, 0.3) is 0 Å². The zero-order valence-electron chi connectivity index (χ0n) is 13.9. The van der Waals surface area contributed by atoms with E-state index in [1.807, 2.05) is 12.1 Å². The second-order valence-corrected chi connectivity index (χ2v) is 7.03. The van der Waals surface area contributed by atoms with Gasteiger partial charge in [0.05, 0.1) is 14.2 Å². The first-order chi connectivity index (χ1) is 11.2. The van der Waals surface area contributed by atoms with E-state index in [2.05, 4.69) is 16.7 Å². The second kappa shape index (κ2) is 7.39. The Labute approximate surface area is 143 Å². The number of hydrogen-bond acceptors (Lipinski definition) is 3. The van der Waals surface area contributed by atoms with Gasteiger partial charge in [-0.15, -0.1) is 0 Å². The zero-order chi connectivity index (χ0) is 16.2. The summed E-state index contributed by atoms with van der Waals surface area (Å²) in [6, 6.07) is 6.62. The fourth-order valence-electron chi connectivity index (χ4n) is 4.00. The molecule has 0 heterocycles. The number of nitrogens with one attached hydrogen (secondary N) is 2. The first kappa shape index (κ1) is 16.4. The molecule has 23 heavy (non-hydrogen) atoms. The molecule has 0 unspecified atom stereocenters. The maximum atomic E-state index is 5.44. The first-order valence-electron chi connectivity index (χ1n) is 8.45. The zero-order valence-corrected chi connectivity index (χ0v) is 14.7. The molecule has 0 spiro atoms. The maximum Gasteiger partial charge on any atom is 0.166 e. The largest absolute Gasteiger partial charge is 0.493 e. The Kier molecular flexibility index (Phi) is 5.26. The lowest BCUT2D eigenvalue weighted by atomic mass is 9.96. The van der Waals surface area contributed by atoms with Crippen LogP contribution in [0, 0.1) is 11.8 Å². The standard InChI is InChI=1S/C18H26N2O2S/c1-21-16-6-4-12(11-17(16)22-2)7-8-19-18(23)20-15-10-13-3-5-14(15)9-13/h4,6,11,13-15H,3,5,7-10H2,1-2H3,(H2,19,20,23)/t13-,14-,15-/m1/s1. The molecule has 2 fully saturated rings. The molecule has 0 amide bonds. The van der Waals surface area contributed by atoms with Gasteiger partial charge in [0.15, 0.2) is 16.6 Å². The van der Waals surface area contributed by atoms with E-state index in [1.54, 1.807) is 14.2 Å². The summed E-state index contributed by atoms with van der Waals surface area (Å²) in [5, 5.41) is 7.64. The van der Waals surface area contributed by atoms with Crippen LogP contribution in [-0.4, -0.2) is 31.9 Å². The molecule has 1 aromatic rings. The van der Waals surface area contributed by atoms with E-state index < -0.39 is 0 Å². The van der Waals surface area contributed by atoms with Crippen molar-refractivity contribution in [2.24, 2.45) is 11.8 Å². The minimum absolute atomic E-state index is 0.592.